The Labute approximate surface area is 159 Å². The molecule has 0 saturated carbocycles. The number of carbonyl (C=O) groups excluding carboxylic acids is 1. The SMILES string of the molecule is NCCCNC(=O)c1cc(-c2c[nH]c3cc(F)ccc23)nc2cc(F)ccc12. The number of nitrogens with two attached hydrogens (primary N) is 1. The molecule has 2 aromatic heterocycles. The van der Waals surface area contributed by atoms with Gasteiger partial charge in [0.2, 0.25) is 0 Å². The average Bonchev–Trinajstić information content (AvgIpc) is 3.09. The molecule has 2 aromatic carbocycles. The van der Waals surface area contributed by atoms with Crippen molar-refractivity contribution in [2.24, 2.45) is 5.73 Å². The highest BCUT2D eigenvalue weighted by Gasteiger charge is 2.16. The molecular formula is C21H18F2N4O. The number of amides is 1. The van der Waals surface area contributed by atoms with E-state index in [1.54, 1.807) is 24.4 Å². The first-order valence-corrected chi connectivity index (χ1v) is 8.92. The minimum absolute atomic E-state index is 0.278. The number of rotatable bonds is 5. The zero-order valence-corrected chi connectivity index (χ0v) is 14.9. The van der Waals surface area contributed by atoms with Gasteiger partial charge >= 0.3 is 0 Å². The molecule has 0 aliphatic heterocycles. The normalized spacial score (nSPS) is 11.2. The van der Waals surface area contributed by atoms with Crippen LogP contribution >= 0.6 is 0 Å². The molecule has 4 N–H and O–H groups in total. The van der Waals surface area contributed by atoms with Gasteiger partial charge in [0.15, 0.2) is 0 Å². The summed E-state index contributed by atoms with van der Waals surface area (Å²) >= 11 is 0. The molecule has 0 radical (unpaired) electrons. The highest BCUT2D eigenvalue weighted by Crippen LogP contribution is 2.31. The van der Waals surface area contributed by atoms with Crippen molar-refractivity contribution >= 4 is 27.7 Å². The summed E-state index contributed by atoms with van der Waals surface area (Å²) in [7, 11) is 0. The second kappa shape index (κ2) is 7.36. The minimum Gasteiger partial charge on any atom is -0.360 e. The molecule has 0 unspecified atom stereocenters. The average molecular weight is 380 g/mol. The topological polar surface area (TPSA) is 83.8 Å². The number of H-pyrrole nitrogens is 1. The molecular weight excluding hydrogens is 362 g/mol. The number of pyridine rings is 1. The monoisotopic (exact) mass is 380 g/mol. The highest BCUT2D eigenvalue weighted by molar-refractivity contribution is 6.08. The molecule has 28 heavy (non-hydrogen) atoms. The molecule has 1 amide bonds. The Morgan fingerprint density at radius 1 is 1.07 bits per heavy atom. The lowest BCUT2D eigenvalue weighted by atomic mass is 10.0. The summed E-state index contributed by atoms with van der Waals surface area (Å²) in [6, 6.07) is 10.2. The largest absolute Gasteiger partial charge is 0.360 e. The molecule has 4 aromatic rings. The van der Waals surface area contributed by atoms with Crippen LogP contribution in [0.15, 0.2) is 48.7 Å². The second-order valence-electron chi connectivity index (χ2n) is 6.51. The Morgan fingerprint density at radius 2 is 1.82 bits per heavy atom. The first kappa shape index (κ1) is 18.1. The van der Waals surface area contributed by atoms with E-state index >= 15 is 0 Å². The van der Waals surface area contributed by atoms with Crippen LogP contribution < -0.4 is 11.1 Å². The highest BCUT2D eigenvalue weighted by atomic mass is 19.1. The zero-order chi connectivity index (χ0) is 19.7. The van der Waals surface area contributed by atoms with Crippen molar-refractivity contribution in [2.75, 3.05) is 13.1 Å². The summed E-state index contributed by atoms with van der Waals surface area (Å²) in [5.41, 5.74) is 8.07. The van der Waals surface area contributed by atoms with Gasteiger partial charge in [-0.05, 0) is 49.4 Å². The number of carbonyl (C=O) groups is 1. The van der Waals surface area contributed by atoms with Crippen LogP contribution in [-0.4, -0.2) is 29.0 Å². The van der Waals surface area contributed by atoms with Gasteiger partial charge in [-0.1, -0.05) is 0 Å². The van der Waals surface area contributed by atoms with E-state index in [0.717, 1.165) is 5.39 Å². The third kappa shape index (κ3) is 3.32. The van der Waals surface area contributed by atoms with Crippen LogP contribution in [-0.2, 0) is 0 Å². The number of halogens is 2. The van der Waals surface area contributed by atoms with Crippen LogP contribution in [0.25, 0.3) is 33.1 Å². The van der Waals surface area contributed by atoms with E-state index in [-0.39, 0.29) is 11.7 Å². The number of nitrogens with zero attached hydrogens (tertiary/aromatic N) is 1. The van der Waals surface area contributed by atoms with Crippen molar-refractivity contribution in [3.63, 3.8) is 0 Å². The predicted molar refractivity (Wildman–Crippen MR) is 105 cm³/mol. The Hall–Kier alpha value is -3.32. The minimum atomic E-state index is -0.437. The Morgan fingerprint density at radius 3 is 2.61 bits per heavy atom. The summed E-state index contributed by atoms with van der Waals surface area (Å²) < 4.78 is 27.3. The van der Waals surface area contributed by atoms with Crippen LogP contribution in [0.1, 0.15) is 16.8 Å². The van der Waals surface area contributed by atoms with Gasteiger partial charge in [0.05, 0.1) is 16.8 Å². The fourth-order valence-corrected chi connectivity index (χ4v) is 3.24. The number of fused-ring (bicyclic) bond motifs is 2. The molecule has 0 bridgehead atoms. The number of aromatic amines is 1. The fraction of sp³-hybridized carbons (Fsp3) is 0.143. The van der Waals surface area contributed by atoms with E-state index in [0.29, 0.717) is 52.8 Å². The molecule has 0 aliphatic carbocycles. The molecule has 2 heterocycles. The Kier molecular flexibility index (Phi) is 4.75. The molecule has 142 valence electrons. The van der Waals surface area contributed by atoms with Crippen LogP contribution in [0, 0.1) is 11.6 Å². The molecule has 0 saturated heterocycles. The maximum atomic E-state index is 13.8. The second-order valence-corrected chi connectivity index (χ2v) is 6.51. The fourth-order valence-electron chi connectivity index (χ4n) is 3.24. The van der Waals surface area contributed by atoms with Gasteiger partial charge in [-0.25, -0.2) is 13.8 Å². The molecule has 7 heteroatoms. The van der Waals surface area contributed by atoms with E-state index in [9.17, 15) is 13.6 Å². The lowest BCUT2D eigenvalue weighted by molar-refractivity contribution is 0.0955. The first-order chi connectivity index (χ1) is 13.6. The quantitative estimate of drug-likeness (QED) is 0.461. The van der Waals surface area contributed by atoms with Crippen molar-refractivity contribution in [2.45, 2.75) is 6.42 Å². The van der Waals surface area contributed by atoms with Gasteiger partial charge in [-0.3, -0.25) is 4.79 Å². The summed E-state index contributed by atoms with van der Waals surface area (Å²) in [4.78, 5) is 20.3. The van der Waals surface area contributed by atoms with Gasteiger partial charge in [0, 0.05) is 40.7 Å². The molecule has 0 spiro atoms. The van der Waals surface area contributed by atoms with Crippen LogP contribution in [0.4, 0.5) is 8.78 Å². The van der Waals surface area contributed by atoms with Crippen molar-refractivity contribution in [3.05, 3.63) is 65.9 Å². The third-order valence-corrected chi connectivity index (χ3v) is 4.60. The number of aromatic nitrogens is 2. The van der Waals surface area contributed by atoms with E-state index in [1.165, 1.54) is 24.3 Å². The molecule has 5 nitrogen and oxygen atoms in total. The zero-order valence-electron chi connectivity index (χ0n) is 14.9. The molecule has 0 fully saturated rings. The van der Waals surface area contributed by atoms with Gasteiger partial charge in [-0.15, -0.1) is 0 Å². The maximum Gasteiger partial charge on any atom is 0.252 e. The van der Waals surface area contributed by atoms with Gasteiger partial charge in [0.25, 0.3) is 5.91 Å². The van der Waals surface area contributed by atoms with Crippen molar-refractivity contribution in [3.8, 4) is 11.3 Å². The number of nitrogens with one attached hydrogen (secondary N) is 2. The van der Waals surface area contributed by atoms with E-state index < -0.39 is 5.82 Å². The van der Waals surface area contributed by atoms with Crippen LogP contribution in [0.5, 0.6) is 0 Å². The van der Waals surface area contributed by atoms with Crippen molar-refractivity contribution in [1.29, 1.82) is 0 Å². The lowest BCUT2D eigenvalue weighted by Gasteiger charge is -2.10. The predicted octanol–water partition coefficient (Wildman–Crippen LogP) is 3.74. The number of hydrogen-bond donors (Lipinski definition) is 3. The third-order valence-electron chi connectivity index (χ3n) is 4.60. The van der Waals surface area contributed by atoms with Crippen LogP contribution in [0.3, 0.4) is 0 Å². The van der Waals surface area contributed by atoms with Crippen molar-refractivity contribution < 1.29 is 13.6 Å². The standard InChI is InChI=1S/C21H18F2N4O/c22-12-3-5-15-17(11-26-18(15)8-12)20-10-16(21(28)25-7-1-6-24)14-4-2-13(23)9-19(14)27-20/h2-5,8-11,26H,1,6-7,24H2,(H,25,28). The summed E-state index contributed by atoms with van der Waals surface area (Å²) in [5, 5.41) is 4.15. The van der Waals surface area contributed by atoms with E-state index in [1.807, 2.05) is 0 Å². The van der Waals surface area contributed by atoms with Crippen LogP contribution in [0.2, 0.25) is 0 Å². The lowest BCUT2D eigenvalue weighted by Crippen LogP contribution is -2.26. The number of hydrogen-bond acceptors (Lipinski definition) is 3. The van der Waals surface area contributed by atoms with Crippen molar-refractivity contribution in [1.82, 2.24) is 15.3 Å². The van der Waals surface area contributed by atoms with E-state index in [4.69, 9.17) is 5.73 Å². The van der Waals surface area contributed by atoms with Gasteiger partial charge in [0.1, 0.15) is 11.6 Å². The smallest absolute Gasteiger partial charge is 0.252 e. The molecule has 0 aliphatic rings. The summed E-state index contributed by atoms with van der Waals surface area (Å²) in [5.74, 6) is -1.07. The summed E-state index contributed by atoms with van der Waals surface area (Å²) in [6.45, 7) is 0.918. The van der Waals surface area contributed by atoms with E-state index in [2.05, 4.69) is 15.3 Å². The van der Waals surface area contributed by atoms with Gasteiger partial charge in [-0.2, -0.15) is 0 Å². The summed E-state index contributed by atoms with van der Waals surface area (Å²) in [6.07, 6.45) is 2.36. The Bertz CT molecular complexity index is 1190. The molecule has 4 rings (SSSR count). The van der Waals surface area contributed by atoms with Gasteiger partial charge < -0.3 is 16.0 Å². The number of benzene rings is 2. The molecule has 0 atom stereocenters. The first-order valence-electron chi connectivity index (χ1n) is 8.92. The Balaban J connectivity index is 1.87. The maximum absolute atomic E-state index is 13.8.